The van der Waals surface area contributed by atoms with Gasteiger partial charge in [-0.3, -0.25) is 4.79 Å². The number of rotatable bonds is 4. The zero-order valence-corrected chi connectivity index (χ0v) is 16.4. The SMILES string of the molecule is CC(C)Cn1c(=O)cc(C(=O)OC2C[C@H]3CC[C@@H](C2)N3C)c2ccccc21. The third-order valence-corrected chi connectivity index (χ3v) is 6.12. The first kappa shape index (κ1) is 18.2. The fourth-order valence-corrected chi connectivity index (χ4v) is 4.73. The number of carbonyl (C=O) groups is 1. The van der Waals surface area contributed by atoms with Crippen molar-refractivity contribution in [2.24, 2.45) is 5.92 Å². The van der Waals surface area contributed by atoms with Gasteiger partial charge in [0.05, 0.1) is 11.1 Å². The molecular weight excluding hydrogens is 340 g/mol. The molecule has 2 fully saturated rings. The molecular formula is C22H28N2O3. The molecule has 3 atom stereocenters. The maximum Gasteiger partial charge on any atom is 0.339 e. The number of esters is 1. The summed E-state index contributed by atoms with van der Waals surface area (Å²) >= 11 is 0. The van der Waals surface area contributed by atoms with E-state index in [2.05, 4.69) is 25.8 Å². The summed E-state index contributed by atoms with van der Waals surface area (Å²) < 4.78 is 7.63. The number of ether oxygens (including phenoxy) is 1. The second-order valence-corrected chi connectivity index (χ2v) is 8.47. The molecule has 0 saturated carbocycles. The Morgan fingerprint density at radius 3 is 2.52 bits per heavy atom. The molecule has 5 heteroatoms. The van der Waals surface area contributed by atoms with Crippen molar-refractivity contribution >= 4 is 16.9 Å². The first-order chi connectivity index (χ1) is 12.9. The molecule has 2 saturated heterocycles. The van der Waals surface area contributed by atoms with E-state index in [-0.39, 0.29) is 17.6 Å². The van der Waals surface area contributed by atoms with Gasteiger partial charge in [0, 0.05) is 42.9 Å². The lowest BCUT2D eigenvalue weighted by Gasteiger charge is -2.35. The first-order valence-electron chi connectivity index (χ1n) is 9.99. The van der Waals surface area contributed by atoms with Crippen LogP contribution in [0.3, 0.4) is 0 Å². The van der Waals surface area contributed by atoms with E-state index in [1.54, 1.807) is 4.57 Å². The predicted molar refractivity (Wildman–Crippen MR) is 106 cm³/mol. The third kappa shape index (κ3) is 3.41. The molecule has 4 rings (SSSR count). The molecule has 0 radical (unpaired) electrons. The Hall–Kier alpha value is -2.14. The molecule has 2 bridgehead atoms. The van der Waals surface area contributed by atoms with Crippen LogP contribution in [0, 0.1) is 5.92 Å². The molecule has 1 aromatic heterocycles. The topological polar surface area (TPSA) is 51.5 Å². The molecule has 27 heavy (non-hydrogen) atoms. The van der Waals surface area contributed by atoms with Gasteiger partial charge in [0.15, 0.2) is 0 Å². The van der Waals surface area contributed by atoms with Gasteiger partial charge in [-0.25, -0.2) is 4.79 Å². The molecule has 2 aliphatic rings. The quantitative estimate of drug-likeness (QED) is 0.776. The lowest BCUT2D eigenvalue weighted by Crippen LogP contribution is -2.43. The number of nitrogens with zero attached hydrogens (tertiary/aromatic N) is 2. The van der Waals surface area contributed by atoms with Gasteiger partial charge < -0.3 is 14.2 Å². The Balaban J connectivity index is 1.64. The van der Waals surface area contributed by atoms with Crippen molar-refractivity contribution in [3.05, 3.63) is 46.2 Å². The van der Waals surface area contributed by atoms with Crippen LogP contribution in [-0.4, -0.2) is 40.7 Å². The minimum atomic E-state index is -0.367. The van der Waals surface area contributed by atoms with Crippen molar-refractivity contribution in [2.45, 2.75) is 64.3 Å². The highest BCUT2D eigenvalue weighted by Gasteiger charge is 2.40. The fourth-order valence-electron chi connectivity index (χ4n) is 4.73. The van der Waals surface area contributed by atoms with Crippen molar-refractivity contribution in [2.75, 3.05) is 7.05 Å². The van der Waals surface area contributed by atoms with E-state index < -0.39 is 0 Å². The van der Waals surface area contributed by atoms with Gasteiger partial charge in [-0.05, 0) is 31.9 Å². The van der Waals surface area contributed by atoms with Gasteiger partial charge in [0.1, 0.15) is 6.10 Å². The van der Waals surface area contributed by atoms with Crippen LogP contribution in [0.15, 0.2) is 35.1 Å². The van der Waals surface area contributed by atoms with Gasteiger partial charge in [-0.2, -0.15) is 0 Å². The van der Waals surface area contributed by atoms with Gasteiger partial charge in [0.25, 0.3) is 5.56 Å². The Morgan fingerprint density at radius 2 is 1.85 bits per heavy atom. The largest absolute Gasteiger partial charge is 0.459 e. The van der Waals surface area contributed by atoms with Crippen LogP contribution in [0.5, 0.6) is 0 Å². The number of fused-ring (bicyclic) bond motifs is 3. The zero-order valence-electron chi connectivity index (χ0n) is 16.4. The van der Waals surface area contributed by atoms with E-state index in [4.69, 9.17) is 4.74 Å². The van der Waals surface area contributed by atoms with E-state index in [9.17, 15) is 9.59 Å². The standard InChI is InChI=1S/C22H28N2O3/c1-14(2)13-24-20-7-5-4-6-18(20)19(12-21(24)25)22(26)27-17-10-15-8-9-16(11-17)23(15)3/h4-7,12,14-17H,8-11,13H2,1-3H3/t15-,16+,17?. The monoisotopic (exact) mass is 368 g/mol. The molecule has 144 valence electrons. The van der Waals surface area contributed by atoms with Crippen LogP contribution in [0.25, 0.3) is 10.9 Å². The normalized spacial score (nSPS) is 25.3. The van der Waals surface area contributed by atoms with E-state index in [0.29, 0.717) is 30.1 Å². The fraction of sp³-hybridized carbons (Fsp3) is 0.545. The maximum absolute atomic E-state index is 12.9. The van der Waals surface area contributed by atoms with Crippen LogP contribution in [-0.2, 0) is 11.3 Å². The summed E-state index contributed by atoms with van der Waals surface area (Å²) in [5, 5.41) is 0.790. The second-order valence-electron chi connectivity index (χ2n) is 8.47. The van der Waals surface area contributed by atoms with Crippen molar-refractivity contribution in [1.29, 1.82) is 0 Å². The van der Waals surface area contributed by atoms with Crippen molar-refractivity contribution in [3.8, 4) is 0 Å². The molecule has 2 aliphatic heterocycles. The Morgan fingerprint density at radius 1 is 1.19 bits per heavy atom. The van der Waals surface area contributed by atoms with Crippen molar-refractivity contribution in [3.63, 3.8) is 0 Å². The number of piperidine rings is 1. The summed E-state index contributed by atoms with van der Waals surface area (Å²) in [6, 6.07) is 10.1. The minimum Gasteiger partial charge on any atom is -0.459 e. The van der Waals surface area contributed by atoms with Crippen LogP contribution >= 0.6 is 0 Å². The summed E-state index contributed by atoms with van der Waals surface area (Å²) in [6.07, 6.45) is 4.10. The van der Waals surface area contributed by atoms with E-state index in [1.165, 1.54) is 18.9 Å². The summed E-state index contributed by atoms with van der Waals surface area (Å²) in [4.78, 5) is 28.1. The predicted octanol–water partition coefficient (Wildman–Crippen LogP) is 3.44. The lowest BCUT2D eigenvalue weighted by molar-refractivity contribution is -0.000287. The van der Waals surface area contributed by atoms with Crippen LogP contribution in [0.1, 0.15) is 49.9 Å². The van der Waals surface area contributed by atoms with E-state index in [1.807, 2.05) is 24.3 Å². The van der Waals surface area contributed by atoms with Crippen LogP contribution in [0.4, 0.5) is 0 Å². The van der Waals surface area contributed by atoms with E-state index >= 15 is 0 Å². The molecule has 5 nitrogen and oxygen atoms in total. The van der Waals surface area contributed by atoms with Gasteiger partial charge in [-0.1, -0.05) is 32.0 Å². The van der Waals surface area contributed by atoms with E-state index in [0.717, 1.165) is 23.7 Å². The zero-order chi connectivity index (χ0) is 19.1. The molecule has 0 amide bonds. The molecule has 1 unspecified atom stereocenters. The van der Waals surface area contributed by atoms with Crippen molar-refractivity contribution in [1.82, 2.24) is 9.47 Å². The minimum absolute atomic E-state index is 0.0527. The summed E-state index contributed by atoms with van der Waals surface area (Å²) in [5.41, 5.74) is 1.05. The van der Waals surface area contributed by atoms with Gasteiger partial charge in [0.2, 0.25) is 0 Å². The smallest absolute Gasteiger partial charge is 0.339 e. The molecule has 1 aromatic carbocycles. The lowest BCUT2D eigenvalue weighted by atomic mass is 10.0. The summed E-state index contributed by atoms with van der Waals surface area (Å²) in [5.74, 6) is -0.0208. The highest BCUT2D eigenvalue weighted by Crippen LogP contribution is 2.35. The number of para-hydroxylation sites is 1. The highest BCUT2D eigenvalue weighted by molar-refractivity contribution is 6.03. The van der Waals surface area contributed by atoms with Crippen LogP contribution < -0.4 is 5.56 Å². The highest BCUT2D eigenvalue weighted by atomic mass is 16.5. The molecule has 0 aliphatic carbocycles. The summed E-state index contributed by atoms with van der Waals surface area (Å²) in [7, 11) is 2.17. The van der Waals surface area contributed by atoms with Gasteiger partial charge >= 0.3 is 5.97 Å². The Kier molecular flexibility index (Phi) is 4.81. The average molecular weight is 368 g/mol. The third-order valence-electron chi connectivity index (χ3n) is 6.12. The average Bonchev–Trinajstić information content (AvgIpc) is 2.84. The van der Waals surface area contributed by atoms with Crippen LogP contribution in [0.2, 0.25) is 0 Å². The van der Waals surface area contributed by atoms with Crippen molar-refractivity contribution < 1.29 is 9.53 Å². The Labute approximate surface area is 159 Å². The summed E-state index contributed by atoms with van der Waals surface area (Å²) in [6.45, 7) is 4.79. The first-order valence-corrected chi connectivity index (χ1v) is 9.99. The number of hydrogen-bond donors (Lipinski definition) is 0. The second kappa shape index (κ2) is 7.12. The Bertz CT molecular complexity index is 903. The van der Waals surface area contributed by atoms with Gasteiger partial charge in [-0.15, -0.1) is 0 Å². The number of pyridine rings is 1. The number of carbonyl (C=O) groups excluding carboxylic acids is 1. The molecule has 3 heterocycles. The molecule has 0 N–H and O–H groups in total. The number of benzene rings is 1. The number of aromatic nitrogens is 1. The number of hydrogen-bond acceptors (Lipinski definition) is 4. The molecule has 0 spiro atoms. The maximum atomic E-state index is 12.9. The molecule has 2 aromatic rings.